The van der Waals surface area contributed by atoms with E-state index in [1.807, 2.05) is 72.8 Å². The summed E-state index contributed by atoms with van der Waals surface area (Å²) in [7, 11) is -1.11. The van der Waals surface area contributed by atoms with Gasteiger partial charge in [0, 0.05) is 48.9 Å². The molecule has 0 atom stereocenters. The summed E-state index contributed by atoms with van der Waals surface area (Å²) >= 11 is 0. The van der Waals surface area contributed by atoms with E-state index >= 15 is 0 Å². The molecular formula is C36H24BN3O3. The van der Waals surface area contributed by atoms with Crippen molar-refractivity contribution in [3.05, 3.63) is 127 Å². The van der Waals surface area contributed by atoms with Gasteiger partial charge in [0.25, 0.3) is 0 Å². The van der Waals surface area contributed by atoms with Gasteiger partial charge in [-0.3, -0.25) is 0 Å². The third-order valence-electron chi connectivity index (χ3n) is 8.18. The zero-order valence-corrected chi connectivity index (χ0v) is 22.9. The molecule has 204 valence electrons. The van der Waals surface area contributed by atoms with Gasteiger partial charge in [-0.1, -0.05) is 91.0 Å². The van der Waals surface area contributed by atoms with E-state index in [9.17, 15) is 0 Å². The number of rotatable bonds is 6. The van der Waals surface area contributed by atoms with E-state index in [1.54, 1.807) is 0 Å². The normalized spacial score (nSPS) is 11.7. The number of aromatic nitrogens is 3. The molecule has 0 aliphatic carbocycles. The predicted octanol–water partition coefficient (Wildman–Crippen LogP) is 9.11. The molecule has 0 spiro atoms. The third kappa shape index (κ3) is 3.82. The van der Waals surface area contributed by atoms with Crippen LogP contribution in [0.2, 0.25) is 0 Å². The first-order valence-corrected chi connectivity index (χ1v) is 14.3. The zero-order valence-electron chi connectivity index (χ0n) is 22.9. The van der Waals surface area contributed by atoms with Crippen molar-refractivity contribution in [2.75, 3.05) is 0 Å². The lowest BCUT2D eigenvalue weighted by Crippen LogP contribution is -2.37. The highest BCUT2D eigenvalue weighted by molar-refractivity contribution is 6.40. The molecule has 0 saturated carbocycles. The molecule has 0 aliphatic heterocycles. The summed E-state index contributed by atoms with van der Waals surface area (Å²) in [5.41, 5.74) is 5.77. The van der Waals surface area contributed by atoms with Crippen molar-refractivity contribution in [2.24, 2.45) is 0 Å². The highest BCUT2D eigenvalue weighted by atomic mass is 16.7. The van der Waals surface area contributed by atoms with Crippen LogP contribution in [0.3, 0.4) is 0 Å². The van der Waals surface area contributed by atoms with Gasteiger partial charge in [0.1, 0.15) is 17.2 Å². The first-order valence-electron chi connectivity index (χ1n) is 14.3. The smallest absolute Gasteiger partial charge is 0.488 e. The third-order valence-corrected chi connectivity index (χ3v) is 8.18. The van der Waals surface area contributed by atoms with Gasteiger partial charge in [-0.2, -0.15) is 0 Å². The number of nitrogens with one attached hydrogen (secondary N) is 3. The number of H-pyrrole nitrogens is 3. The molecule has 0 aliphatic rings. The van der Waals surface area contributed by atoms with Crippen molar-refractivity contribution >= 4 is 72.7 Å². The Hall–Kier alpha value is -5.82. The zero-order chi connectivity index (χ0) is 28.3. The fourth-order valence-corrected chi connectivity index (χ4v) is 6.22. The molecule has 0 amide bonds. The average Bonchev–Trinajstić information content (AvgIpc) is 3.74. The molecule has 0 radical (unpaired) electrons. The number of hydrogen-bond acceptors (Lipinski definition) is 3. The molecule has 6 aromatic carbocycles. The largest absolute Gasteiger partial charge is 0.864 e. The van der Waals surface area contributed by atoms with Crippen LogP contribution in [0.1, 0.15) is 0 Å². The Bertz CT molecular complexity index is 2200. The molecule has 0 bridgehead atoms. The maximum atomic E-state index is 6.61. The summed E-state index contributed by atoms with van der Waals surface area (Å²) in [4.78, 5) is 10.6. The van der Waals surface area contributed by atoms with E-state index in [1.165, 1.54) is 0 Å². The molecule has 0 fully saturated rings. The molecule has 9 rings (SSSR count). The minimum atomic E-state index is -1.11. The number of hydrogen-bond donors (Lipinski definition) is 3. The van der Waals surface area contributed by atoms with E-state index in [2.05, 4.69) is 69.5 Å². The fraction of sp³-hybridized carbons (Fsp3) is 0. The summed E-state index contributed by atoms with van der Waals surface area (Å²) in [6.45, 7) is 0. The fourth-order valence-electron chi connectivity index (χ4n) is 6.22. The van der Waals surface area contributed by atoms with Gasteiger partial charge < -0.3 is 28.9 Å². The summed E-state index contributed by atoms with van der Waals surface area (Å²) in [6, 6.07) is 42.8. The van der Waals surface area contributed by atoms with E-state index in [0.29, 0.717) is 17.2 Å². The van der Waals surface area contributed by atoms with Crippen molar-refractivity contribution in [2.45, 2.75) is 0 Å². The van der Waals surface area contributed by atoms with Crippen LogP contribution in [0.25, 0.3) is 65.4 Å². The van der Waals surface area contributed by atoms with E-state index in [4.69, 9.17) is 14.0 Å². The second-order valence-electron chi connectivity index (χ2n) is 10.7. The van der Waals surface area contributed by atoms with Crippen LogP contribution in [0, 0.1) is 0 Å². The molecule has 0 unspecified atom stereocenters. The molecule has 6 nitrogen and oxygen atoms in total. The van der Waals surface area contributed by atoms with E-state index < -0.39 is 7.32 Å². The van der Waals surface area contributed by atoms with Gasteiger partial charge in [0.15, 0.2) is 0 Å². The van der Waals surface area contributed by atoms with Crippen molar-refractivity contribution in [3.63, 3.8) is 0 Å². The van der Waals surface area contributed by atoms with Crippen LogP contribution in [0.5, 0.6) is 17.2 Å². The van der Waals surface area contributed by atoms with Crippen LogP contribution in [0.15, 0.2) is 127 Å². The monoisotopic (exact) mass is 557 g/mol. The molecule has 7 heteroatoms. The molecule has 43 heavy (non-hydrogen) atoms. The van der Waals surface area contributed by atoms with Crippen molar-refractivity contribution in [3.8, 4) is 17.2 Å². The first-order chi connectivity index (χ1) is 21.3. The minimum absolute atomic E-state index is 0.631. The quantitative estimate of drug-likeness (QED) is 0.179. The average molecular weight is 557 g/mol. The van der Waals surface area contributed by atoms with Crippen LogP contribution in [-0.4, -0.2) is 22.3 Å². The lowest BCUT2D eigenvalue weighted by molar-refractivity contribution is 0.311. The Morgan fingerprint density at radius 2 is 0.628 bits per heavy atom. The summed E-state index contributed by atoms with van der Waals surface area (Å²) < 4.78 is 19.8. The number of fused-ring (bicyclic) bond motifs is 9. The molecule has 3 aromatic heterocycles. The Morgan fingerprint density at radius 1 is 0.326 bits per heavy atom. The van der Waals surface area contributed by atoms with Crippen LogP contribution in [0.4, 0.5) is 0 Å². The van der Waals surface area contributed by atoms with E-state index in [-0.39, 0.29) is 0 Å². The first kappa shape index (κ1) is 23.8. The summed E-state index contributed by atoms with van der Waals surface area (Å²) in [6.07, 6.45) is 0. The molecular weight excluding hydrogens is 533 g/mol. The van der Waals surface area contributed by atoms with Gasteiger partial charge in [-0.15, -0.1) is 0 Å². The van der Waals surface area contributed by atoms with Gasteiger partial charge in [-0.25, -0.2) is 0 Å². The van der Waals surface area contributed by atoms with E-state index in [0.717, 1.165) is 65.4 Å². The number of aromatic amines is 3. The Morgan fingerprint density at radius 3 is 0.977 bits per heavy atom. The Balaban J connectivity index is 1.18. The standard InChI is InChI=1S/C36H24BN3O3/c1-4-16-28-22(10-1)25-13-7-19-31(34(25)38-28)41-37(42-32-20-8-14-26-23-11-2-5-17-29(23)39-35(26)32)43-33-21-9-15-27-24-12-3-6-18-30(24)40-36(27)33/h1-21,38-40H. The predicted molar refractivity (Wildman–Crippen MR) is 175 cm³/mol. The summed E-state index contributed by atoms with van der Waals surface area (Å²) in [5.74, 6) is 1.89. The highest BCUT2D eigenvalue weighted by Gasteiger charge is 2.33. The molecule has 3 heterocycles. The SMILES string of the molecule is c1ccc2c(c1)[nH]c1c(OB(Oc3cccc4c3[nH]c3ccccc34)Oc3cccc4c3[nH]c3ccccc34)cccc12. The van der Waals surface area contributed by atoms with Gasteiger partial charge in [0.05, 0.1) is 16.6 Å². The van der Waals surface area contributed by atoms with Crippen LogP contribution >= 0.6 is 0 Å². The second kappa shape index (κ2) is 9.36. The minimum Gasteiger partial charge on any atom is -0.488 e. The maximum absolute atomic E-state index is 6.61. The maximum Gasteiger partial charge on any atom is 0.864 e. The van der Waals surface area contributed by atoms with Crippen LogP contribution < -0.4 is 14.0 Å². The lowest BCUT2D eigenvalue weighted by atomic mass is 10.1. The molecule has 0 saturated heterocycles. The van der Waals surface area contributed by atoms with Gasteiger partial charge in [0.2, 0.25) is 0 Å². The van der Waals surface area contributed by atoms with Crippen LogP contribution in [-0.2, 0) is 0 Å². The van der Waals surface area contributed by atoms with Crippen molar-refractivity contribution in [1.82, 2.24) is 15.0 Å². The Kier molecular flexibility index (Phi) is 5.19. The second-order valence-corrected chi connectivity index (χ2v) is 10.7. The van der Waals surface area contributed by atoms with Gasteiger partial charge in [-0.05, 0) is 36.4 Å². The number of para-hydroxylation sites is 6. The number of benzene rings is 6. The summed E-state index contributed by atoms with van der Waals surface area (Å²) in [5, 5.41) is 6.61. The van der Waals surface area contributed by atoms with Crippen molar-refractivity contribution in [1.29, 1.82) is 0 Å². The van der Waals surface area contributed by atoms with Crippen molar-refractivity contribution < 1.29 is 14.0 Å². The van der Waals surface area contributed by atoms with Gasteiger partial charge >= 0.3 is 7.32 Å². The molecule has 3 N–H and O–H groups in total. The molecule has 9 aromatic rings. The topological polar surface area (TPSA) is 75.1 Å². The Labute approximate surface area is 246 Å². The highest BCUT2D eigenvalue weighted by Crippen LogP contribution is 2.36. The lowest BCUT2D eigenvalue weighted by Gasteiger charge is -2.18.